The summed E-state index contributed by atoms with van der Waals surface area (Å²) in [5.74, 6) is 0.233. The third kappa shape index (κ3) is 1.75. The molecule has 0 aromatic carbocycles. The molecule has 3 heteroatoms. The van der Waals surface area contributed by atoms with Crippen LogP contribution in [0.3, 0.4) is 0 Å². The Balaban J connectivity index is 2.14. The van der Waals surface area contributed by atoms with E-state index in [1.807, 2.05) is 12.2 Å². The first kappa shape index (κ1) is 7.98. The van der Waals surface area contributed by atoms with Crippen molar-refractivity contribution in [3.05, 3.63) is 48.2 Å². The monoisotopic (exact) mass is 178 g/mol. The van der Waals surface area contributed by atoms with E-state index in [0.717, 1.165) is 5.57 Å². The van der Waals surface area contributed by atoms with Crippen LogP contribution in [0.2, 0.25) is 0 Å². The number of aliphatic hydroxyl groups is 1. The van der Waals surface area contributed by atoms with E-state index in [2.05, 4.69) is 0 Å². The molecule has 1 N–H and O–H groups in total. The first-order valence-electron chi connectivity index (χ1n) is 4.07. The Morgan fingerprint density at radius 2 is 2.23 bits per heavy atom. The molecule has 0 aromatic heterocycles. The van der Waals surface area contributed by atoms with E-state index >= 15 is 0 Å². The van der Waals surface area contributed by atoms with E-state index in [9.17, 15) is 5.11 Å². The fraction of sp³-hybridized carbons (Fsp3) is 0.200. The van der Waals surface area contributed by atoms with Crippen LogP contribution in [0.1, 0.15) is 0 Å². The highest BCUT2D eigenvalue weighted by Crippen LogP contribution is 2.18. The molecule has 2 rings (SSSR count). The molecule has 2 aliphatic heterocycles. The lowest BCUT2D eigenvalue weighted by Crippen LogP contribution is -2.14. The summed E-state index contributed by atoms with van der Waals surface area (Å²) in [6.45, 7) is 0.560. The normalized spacial score (nSPS) is 25.7. The van der Waals surface area contributed by atoms with Crippen LogP contribution in [-0.2, 0) is 9.47 Å². The van der Waals surface area contributed by atoms with Crippen molar-refractivity contribution in [2.75, 3.05) is 6.61 Å². The Morgan fingerprint density at radius 3 is 2.92 bits per heavy atom. The third-order valence-electron chi connectivity index (χ3n) is 1.89. The minimum absolute atomic E-state index is 0.190. The summed E-state index contributed by atoms with van der Waals surface area (Å²) in [6.07, 6.45) is 9.85. The Labute approximate surface area is 76.3 Å². The van der Waals surface area contributed by atoms with Crippen LogP contribution < -0.4 is 0 Å². The molecule has 1 unspecified atom stereocenters. The summed E-state index contributed by atoms with van der Waals surface area (Å²) >= 11 is 0. The molecule has 1 atom stereocenters. The standard InChI is InChI=1S/C10H10O3/c11-9-3-6-13-10(7-9)8-1-4-12-5-2-8/h1-4,6-7,10-11H,5H2. The molecule has 2 heterocycles. The minimum atomic E-state index is -0.190. The molecular formula is C10H10O3. The predicted molar refractivity (Wildman–Crippen MR) is 47.9 cm³/mol. The topological polar surface area (TPSA) is 38.7 Å². The van der Waals surface area contributed by atoms with Crippen molar-refractivity contribution < 1.29 is 14.6 Å². The second-order valence-electron chi connectivity index (χ2n) is 2.79. The van der Waals surface area contributed by atoms with Crippen LogP contribution in [0.4, 0.5) is 0 Å². The van der Waals surface area contributed by atoms with Gasteiger partial charge in [0.25, 0.3) is 0 Å². The molecule has 13 heavy (non-hydrogen) atoms. The second-order valence-corrected chi connectivity index (χ2v) is 2.79. The number of aliphatic hydroxyl groups excluding tert-OH is 1. The molecule has 2 aliphatic rings. The van der Waals surface area contributed by atoms with Crippen LogP contribution in [0, 0.1) is 0 Å². The Kier molecular flexibility index (Phi) is 2.08. The lowest BCUT2D eigenvalue weighted by Gasteiger charge is -2.19. The number of ether oxygens (including phenoxy) is 2. The van der Waals surface area contributed by atoms with Gasteiger partial charge in [0.05, 0.1) is 12.5 Å². The molecule has 0 saturated carbocycles. The highest BCUT2D eigenvalue weighted by atomic mass is 16.5. The zero-order valence-electron chi connectivity index (χ0n) is 7.01. The van der Waals surface area contributed by atoms with Gasteiger partial charge in [0.15, 0.2) is 0 Å². The molecule has 0 aliphatic carbocycles. The molecule has 0 radical (unpaired) electrons. The van der Waals surface area contributed by atoms with Crippen molar-refractivity contribution in [2.45, 2.75) is 6.10 Å². The summed E-state index contributed by atoms with van der Waals surface area (Å²) in [4.78, 5) is 0. The van der Waals surface area contributed by atoms with Gasteiger partial charge >= 0.3 is 0 Å². The van der Waals surface area contributed by atoms with Gasteiger partial charge in [-0.3, -0.25) is 0 Å². The van der Waals surface area contributed by atoms with Crippen LogP contribution in [-0.4, -0.2) is 17.8 Å². The van der Waals surface area contributed by atoms with Gasteiger partial charge in [0, 0.05) is 12.2 Å². The van der Waals surface area contributed by atoms with Crippen molar-refractivity contribution >= 4 is 0 Å². The summed E-state index contributed by atoms with van der Waals surface area (Å²) in [5, 5.41) is 9.22. The van der Waals surface area contributed by atoms with Gasteiger partial charge < -0.3 is 14.6 Å². The molecule has 0 amide bonds. The van der Waals surface area contributed by atoms with Crippen LogP contribution in [0.5, 0.6) is 0 Å². The Hall–Kier alpha value is -1.64. The van der Waals surface area contributed by atoms with Crippen LogP contribution in [0.25, 0.3) is 0 Å². The average molecular weight is 178 g/mol. The molecule has 0 bridgehead atoms. The smallest absolute Gasteiger partial charge is 0.145 e. The average Bonchev–Trinajstić information content (AvgIpc) is 2.19. The molecule has 3 nitrogen and oxygen atoms in total. The third-order valence-corrected chi connectivity index (χ3v) is 1.89. The molecule has 0 aromatic rings. The zero-order valence-corrected chi connectivity index (χ0v) is 7.01. The number of allylic oxidation sites excluding steroid dienone is 1. The Morgan fingerprint density at radius 1 is 1.31 bits per heavy atom. The van der Waals surface area contributed by atoms with E-state index in [0.29, 0.717) is 6.61 Å². The number of hydrogen-bond acceptors (Lipinski definition) is 3. The molecular weight excluding hydrogens is 168 g/mol. The van der Waals surface area contributed by atoms with Crippen molar-refractivity contribution in [3.63, 3.8) is 0 Å². The Bertz CT molecular complexity index is 310. The van der Waals surface area contributed by atoms with E-state index in [1.165, 1.54) is 12.3 Å². The largest absolute Gasteiger partial charge is 0.508 e. The zero-order chi connectivity index (χ0) is 9.10. The first-order chi connectivity index (χ1) is 6.36. The number of hydrogen-bond donors (Lipinski definition) is 1. The van der Waals surface area contributed by atoms with Gasteiger partial charge in [-0.1, -0.05) is 0 Å². The molecule has 68 valence electrons. The van der Waals surface area contributed by atoms with Crippen LogP contribution >= 0.6 is 0 Å². The van der Waals surface area contributed by atoms with Gasteiger partial charge in [0.2, 0.25) is 0 Å². The molecule has 0 spiro atoms. The minimum Gasteiger partial charge on any atom is -0.508 e. The van der Waals surface area contributed by atoms with Gasteiger partial charge in [-0.05, 0) is 17.7 Å². The summed E-state index contributed by atoms with van der Waals surface area (Å²) in [7, 11) is 0. The maximum absolute atomic E-state index is 9.22. The SMILES string of the molecule is OC1=CC(C2=CCOC=C2)OC=C1. The fourth-order valence-electron chi connectivity index (χ4n) is 1.22. The highest BCUT2D eigenvalue weighted by Gasteiger charge is 2.14. The fourth-order valence-corrected chi connectivity index (χ4v) is 1.22. The molecule has 0 saturated heterocycles. The lowest BCUT2D eigenvalue weighted by atomic mass is 10.1. The first-order valence-corrected chi connectivity index (χ1v) is 4.07. The van der Waals surface area contributed by atoms with E-state index < -0.39 is 0 Å². The van der Waals surface area contributed by atoms with Crippen molar-refractivity contribution in [1.29, 1.82) is 0 Å². The van der Waals surface area contributed by atoms with Gasteiger partial charge in [0.1, 0.15) is 18.5 Å². The summed E-state index contributed by atoms with van der Waals surface area (Å²) in [5.41, 5.74) is 1.00. The van der Waals surface area contributed by atoms with E-state index in [4.69, 9.17) is 9.47 Å². The number of rotatable bonds is 1. The van der Waals surface area contributed by atoms with Crippen molar-refractivity contribution in [3.8, 4) is 0 Å². The van der Waals surface area contributed by atoms with E-state index in [1.54, 1.807) is 12.3 Å². The highest BCUT2D eigenvalue weighted by molar-refractivity contribution is 5.32. The molecule has 0 fully saturated rings. The maximum atomic E-state index is 9.22. The van der Waals surface area contributed by atoms with Crippen molar-refractivity contribution in [2.24, 2.45) is 0 Å². The van der Waals surface area contributed by atoms with E-state index in [-0.39, 0.29) is 11.9 Å². The van der Waals surface area contributed by atoms with Gasteiger partial charge in [-0.15, -0.1) is 0 Å². The quantitative estimate of drug-likeness (QED) is 0.665. The van der Waals surface area contributed by atoms with Crippen molar-refractivity contribution in [1.82, 2.24) is 0 Å². The van der Waals surface area contributed by atoms with Gasteiger partial charge in [-0.2, -0.15) is 0 Å². The summed E-state index contributed by atoms with van der Waals surface area (Å²) in [6, 6.07) is 0. The lowest BCUT2D eigenvalue weighted by molar-refractivity contribution is 0.201. The predicted octanol–water partition coefficient (Wildman–Crippen LogP) is 1.81. The maximum Gasteiger partial charge on any atom is 0.145 e. The summed E-state index contributed by atoms with van der Waals surface area (Å²) < 4.78 is 10.3. The second kappa shape index (κ2) is 3.39. The van der Waals surface area contributed by atoms with Crippen LogP contribution in [0.15, 0.2) is 48.2 Å². The van der Waals surface area contributed by atoms with Gasteiger partial charge in [-0.25, -0.2) is 0 Å².